The molecule has 0 atom stereocenters. The van der Waals surface area contributed by atoms with Crippen molar-refractivity contribution in [1.29, 1.82) is 0 Å². The van der Waals surface area contributed by atoms with Crippen LogP contribution in [0.25, 0.3) is 0 Å². The van der Waals surface area contributed by atoms with Crippen molar-refractivity contribution in [2.24, 2.45) is 0 Å². The van der Waals surface area contributed by atoms with Crippen molar-refractivity contribution < 1.29 is 24.2 Å². The first-order valence-corrected chi connectivity index (χ1v) is 3.82. The quantitative estimate of drug-likeness (QED) is 0.631. The fourth-order valence-corrected chi connectivity index (χ4v) is 1.30. The summed E-state index contributed by atoms with van der Waals surface area (Å²) in [5, 5.41) is 8.40. The molecule has 1 heterocycles. The smallest absolute Gasteiger partial charge is 0.418 e. The summed E-state index contributed by atoms with van der Waals surface area (Å²) in [6, 6.07) is 0. The molecule has 2 aliphatic rings. The van der Waals surface area contributed by atoms with E-state index in [0.29, 0.717) is 17.7 Å². The standard InChI is InChI=1S/C7H7NO5/c9-4(10)3-8-5(11)7(1-2-7)13-6(8)12/h1-3H2,(H,9,10). The maximum absolute atomic E-state index is 11.4. The summed E-state index contributed by atoms with van der Waals surface area (Å²) in [4.78, 5) is 33.3. The molecule has 0 radical (unpaired) electrons. The first kappa shape index (κ1) is 8.03. The molecule has 1 aliphatic heterocycles. The van der Waals surface area contributed by atoms with Gasteiger partial charge in [-0.1, -0.05) is 0 Å². The Morgan fingerprint density at radius 2 is 2.15 bits per heavy atom. The maximum Gasteiger partial charge on any atom is 0.418 e. The van der Waals surface area contributed by atoms with Crippen LogP contribution in [-0.2, 0) is 14.3 Å². The highest BCUT2D eigenvalue weighted by atomic mass is 16.6. The molecule has 2 fully saturated rings. The minimum absolute atomic E-state index is 0.508. The molecule has 70 valence electrons. The van der Waals surface area contributed by atoms with E-state index >= 15 is 0 Å². The molecule has 0 aromatic carbocycles. The maximum atomic E-state index is 11.4. The van der Waals surface area contributed by atoms with E-state index in [4.69, 9.17) is 9.84 Å². The topological polar surface area (TPSA) is 83.9 Å². The van der Waals surface area contributed by atoms with E-state index in [1.165, 1.54) is 0 Å². The van der Waals surface area contributed by atoms with Crippen molar-refractivity contribution in [2.75, 3.05) is 6.54 Å². The third-order valence-electron chi connectivity index (χ3n) is 2.14. The average Bonchev–Trinajstić information content (AvgIpc) is 2.75. The summed E-state index contributed by atoms with van der Waals surface area (Å²) >= 11 is 0. The number of hydrogen-bond acceptors (Lipinski definition) is 4. The van der Waals surface area contributed by atoms with Gasteiger partial charge in [-0.25, -0.2) is 9.69 Å². The Hall–Kier alpha value is -1.59. The fraction of sp³-hybridized carbons (Fsp3) is 0.571. The first-order valence-electron chi connectivity index (χ1n) is 3.82. The molecule has 2 rings (SSSR count). The number of rotatable bonds is 2. The Balaban J connectivity index is 2.15. The Bertz CT molecular complexity index is 306. The van der Waals surface area contributed by atoms with Crippen molar-refractivity contribution in [3.63, 3.8) is 0 Å². The minimum atomic E-state index is -1.22. The van der Waals surface area contributed by atoms with Crippen molar-refractivity contribution in [2.45, 2.75) is 18.4 Å². The Kier molecular flexibility index (Phi) is 1.37. The van der Waals surface area contributed by atoms with E-state index < -0.39 is 30.1 Å². The number of carboxylic acids is 1. The lowest BCUT2D eigenvalue weighted by molar-refractivity contribution is -0.142. The molecule has 0 unspecified atom stereocenters. The molecule has 1 N–H and O–H groups in total. The van der Waals surface area contributed by atoms with Gasteiger partial charge in [0.1, 0.15) is 6.54 Å². The minimum Gasteiger partial charge on any atom is -0.480 e. The lowest BCUT2D eigenvalue weighted by atomic mass is 10.3. The van der Waals surface area contributed by atoms with Crippen LogP contribution in [0.1, 0.15) is 12.8 Å². The van der Waals surface area contributed by atoms with Gasteiger partial charge in [0.05, 0.1) is 0 Å². The average molecular weight is 185 g/mol. The lowest BCUT2D eigenvalue weighted by Crippen LogP contribution is -2.36. The number of nitrogens with zero attached hydrogens (tertiary/aromatic N) is 1. The molecule has 1 spiro atoms. The van der Waals surface area contributed by atoms with E-state index in [0.717, 1.165) is 0 Å². The summed E-state index contributed by atoms with van der Waals surface area (Å²) in [6.45, 7) is -0.612. The zero-order valence-electron chi connectivity index (χ0n) is 6.65. The lowest BCUT2D eigenvalue weighted by Gasteiger charge is -2.05. The van der Waals surface area contributed by atoms with Crippen molar-refractivity contribution in [3.8, 4) is 0 Å². The second-order valence-electron chi connectivity index (χ2n) is 3.15. The molecule has 0 aromatic heterocycles. The van der Waals surface area contributed by atoms with Crippen LogP contribution in [0.2, 0.25) is 0 Å². The van der Waals surface area contributed by atoms with Crippen LogP contribution in [0.15, 0.2) is 0 Å². The highest BCUT2D eigenvalue weighted by Crippen LogP contribution is 2.45. The van der Waals surface area contributed by atoms with Gasteiger partial charge in [-0.2, -0.15) is 0 Å². The number of carbonyl (C=O) groups is 3. The third-order valence-corrected chi connectivity index (χ3v) is 2.14. The van der Waals surface area contributed by atoms with E-state index in [1.54, 1.807) is 0 Å². The second-order valence-corrected chi connectivity index (χ2v) is 3.15. The molecule has 6 heteroatoms. The SMILES string of the molecule is O=C(O)CN1C(=O)OC2(CC2)C1=O. The molecule has 1 saturated heterocycles. The molecule has 0 bridgehead atoms. The van der Waals surface area contributed by atoms with Crippen LogP contribution >= 0.6 is 0 Å². The zero-order valence-corrected chi connectivity index (χ0v) is 6.65. The fourth-order valence-electron chi connectivity index (χ4n) is 1.30. The molecular weight excluding hydrogens is 178 g/mol. The van der Waals surface area contributed by atoms with Crippen LogP contribution in [0.3, 0.4) is 0 Å². The second kappa shape index (κ2) is 2.21. The normalized spacial score (nSPS) is 23.5. The highest BCUT2D eigenvalue weighted by Gasteiger charge is 2.62. The van der Waals surface area contributed by atoms with E-state index in [2.05, 4.69) is 0 Å². The number of carbonyl (C=O) groups excluding carboxylic acids is 2. The molecule has 0 aromatic rings. The van der Waals surface area contributed by atoms with E-state index in [1.807, 2.05) is 0 Å². The monoisotopic (exact) mass is 185 g/mol. The summed E-state index contributed by atoms with van der Waals surface area (Å²) < 4.78 is 4.76. The van der Waals surface area contributed by atoms with Gasteiger partial charge in [-0.3, -0.25) is 9.59 Å². The summed E-state index contributed by atoms with van der Waals surface area (Å²) in [5.41, 5.74) is -0.994. The molecule has 2 amide bonds. The van der Waals surface area contributed by atoms with Gasteiger partial charge in [0.25, 0.3) is 5.91 Å². The molecule has 13 heavy (non-hydrogen) atoms. The van der Waals surface area contributed by atoms with Crippen LogP contribution in [0.5, 0.6) is 0 Å². The number of imide groups is 1. The number of aliphatic carboxylic acids is 1. The number of ether oxygens (including phenoxy) is 1. The number of hydrogen-bond donors (Lipinski definition) is 1. The molecule has 6 nitrogen and oxygen atoms in total. The summed E-state index contributed by atoms with van der Waals surface area (Å²) in [5.74, 6) is -1.73. The van der Waals surface area contributed by atoms with Crippen LogP contribution in [0.4, 0.5) is 4.79 Å². The zero-order chi connectivity index (χ0) is 9.64. The highest BCUT2D eigenvalue weighted by molar-refractivity contribution is 6.06. The summed E-state index contributed by atoms with van der Waals surface area (Å²) in [7, 11) is 0. The van der Waals surface area contributed by atoms with Crippen molar-refractivity contribution in [3.05, 3.63) is 0 Å². The Morgan fingerprint density at radius 3 is 2.54 bits per heavy atom. The molecule has 1 aliphatic carbocycles. The van der Waals surface area contributed by atoms with E-state index in [9.17, 15) is 14.4 Å². The van der Waals surface area contributed by atoms with Gasteiger partial charge < -0.3 is 9.84 Å². The van der Waals surface area contributed by atoms with Gasteiger partial charge in [0, 0.05) is 12.8 Å². The Morgan fingerprint density at radius 1 is 1.54 bits per heavy atom. The van der Waals surface area contributed by atoms with Crippen molar-refractivity contribution >= 4 is 18.0 Å². The van der Waals surface area contributed by atoms with Crippen LogP contribution < -0.4 is 0 Å². The van der Waals surface area contributed by atoms with Gasteiger partial charge >= 0.3 is 12.1 Å². The van der Waals surface area contributed by atoms with Gasteiger partial charge in [-0.05, 0) is 0 Å². The third kappa shape index (κ3) is 1.06. The first-order chi connectivity index (χ1) is 6.05. The van der Waals surface area contributed by atoms with Crippen LogP contribution in [0, 0.1) is 0 Å². The van der Waals surface area contributed by atoms with Gasteiger partial charge in [0.2, 0.25) is 0 Å². The molecular formula is C7H7NO5. The molecule has 1 saturated carbocycles. The van der Waals surface area contributed by atoms with Crippen molar-refractivity contribution in [1.82, 2.24) is 4.90 Å². The Labute approximate surface area is 73.1 Å². The number of amides is 2. The predicted octanol–water partition coefficient (Wildman–Crippen LogP) is -0.418. The predicted molar refractivity (Wildman–Crippen MR) is 37.8 cm³/mol. The van der Waals surface area contributed by atoms with Gasteiger partial charge in [0.15, 0.2) is 5.60 Å². The summed E-state index contributed by atoms with van der Waals surface area (Å²) in [6.07, 6.45) is 0.173. The van der Waals surface area contributed by atoms with E-state index in [-0.39, 0.29) is 0 Å². The van der Waals surface area contributed by atoms with Gasteiger partial charge in [-0.15, -0.1) is 0 Å². The van der Waals surface area contributed by atoms with Crippen LogP contribution in [-0.4, -0.2) is 40.1 Å². The largest absolute Gasteiger partial charge is 0.480 e. The number of carboxylic acid groups (broad SMARTS) is 1.